The van der Waals surface area contributed by atoms with E-state index in [1.807, 2.05) is 19.1 Å². The molecular formula is C14H14N2O3. The third-order valence-corrected chi connectivity index (χ3v) is 2.70. The molecule has 2 rings (SSSR count). The van der Waals surface area contributed by atoms with Gasteiger partial charge in [-0.3, -0.25) is 9.78 Å². The summed E-state index contributed by atoms with van der Waals surface area (Å²) in [5.41, 5.74) is 1.97. The number of rotatable bonds is 3. The number of aryl methyl sites for hydroxylation is 1. The Balaban J connectivity index is 2.08. The number of hydrogen-bond donors (Lipinski definition) is 3. The van der Waals surface area contributed by atoms with Crippen molar-refractivity contribution in [2.75, 3.05) is 0 Å². The third-order valence-electron chi connectivity index (χ3n) is 2.70. The van der Waals surface area contributed by atoms with Crippen molar-refractivity contribution in [3.63, 3.8) is 0 Å². The van der Waals surface area contributed by atoms with Crippen LogP contribution < -0.4 is 5.32 Å². The normalized spacial score (nSPS) is 10.2. The fourth-order valence-electron chi connectivity index (χ4n) is 1.70. The standard InChI is InChI=1S/C14H14N2O3/c1-9-3-2-4-15-13(9)8-16-14(19)10-5-11(17)7-12(18)6-10/h2-7,17-18H,8H2,1H3,(H,16,19). The Labute approximate surface area is 110 Å². The first-order chi connectivity index (χ1) is 9.06. The van der Waals surface area contributed by atoms with Gasteiger partial charge in [-0.05, 0) is 30.7 Å². The average Bonchev–Trinajstić information content (AvgIpc) is 2.36. The first-order valence-electron chi connectivity index (χ1n) is 5.78. The molecule has 0 aliphatic carbocycles. The molecular weight excluding hydrogens is 244 g/mol. The Morgan fingerprint density at radius 3 is 2.58 bits per heavy atom. The van der Waals surface area contributed by atoms with Crippen molar-refractivity contribution in [2.45, 2.75) is 13.5 Å². The van der Waals surface area contributed by atoms with Gasteiger partial charge in [0.2, 0.25) is 0 Å². The maximum absolute atomic E-state index is 11.9. The van der Waals surface area contributed by atoms with Gasteiger partial charge in [-0.15, -0.1) is 0 Å². The van der Waals surface area contributed by atoms with Gasteiger partial charge in [0.05, 0.1) is 12.2 Å². The van der Waals surface area contributed by atoms with Crippen LogP contribution in [0.2, 0.25) is 0 Å². The van der Waals surface area contributed by atoms with E-state index in [9.17, 15) is 15.0 Å². The summed E-state index contributed by atoms with van der Waals surface area (Å²) in [5, 5.41) is 21.3. The summed E-state index contributed by atoms with van der Waals surface area (Å²) in [6.07, 6.45) is 1.66. The van der Waals surface area contributed by atoms with E-state index in [0.717, 1.165) is 11.3 Å². The molecule has 1 heterocycles. The minimum atomic E-state index is -0.378. The molecule has 0 fully saturated rings. The van der Waals surface area contributed by atoms with Crippen molar-refractivity contribution in [1.29, 1.82) is 0 Å². The minimum Gasteiger partial charge on any atom is -0.508 e. The molecule has 0 aliphatic rings. The van der Waals surface area contributed by atoms with Crippen LogP contribution in [-0.2, 0) is 6.54 Å². The summed E-state index contributed by atoms with van der Waals surface area (Å²) < 4.78 is 0. The molecule has 1 aromatic heterocycles. The zero-order valence-corrected chi connectivity index (χ0v) is 10.4. The summed E-state index contributed by atoms with van der Waals surface area (Å²) >= 11 is 0. The SMILES string of the molecule is Cc1cccnc1CNC(=O)c1cc(O)cc(O)c1. The highest BCUT2D eigenvalue weighted by molar-refractivity contribution is 5.94. The smallest absolute Gasteiger partial charge is 0.251 e. The number of amides is 1. The third kappa shape index (κ3) is 3.22. The quantitative estimate of drug-likeness (QED) is 0.783. The predicted molar refractivity (Wildman–Crippen MR) is 69.9 cm³/mol. The highest BCUT2D eigenvalue weighted by Gasteiger charge is 2.09. The fourth-order valence-corrected chi connectivity index (χ4v) is 1.70. The van der Waals surface area contributed by atoms with E-state index in [-0.39, 0.29) is 23.0 Å². The summed E-state index contributed by atoms with van der Waals surface area (Å²) in [6, 6.07) is 7.49. The second-order valence-corrected chi connectivity index (χ2v) is 4.19. The molecule has 5 heteroatoms. The molecule has 5 nitrogen and oxygen atoms in total. The highest BCUT2D eigenvalue weighted by Crippen LogP contribution is 2.20. The number of nitrogens with one attached hydrogen (secondary N) is 1. The Morgan fingerprint density at radius 2 is 1.95 bits per heavy atom. The van der Waals surface area contributed by atoms with Gasteiger partial charge in [0.15, 0.2) is 0 Å². The number of aromatic nitrogens is 1. The summed E-state index contributed by atoms with van der Waals surface area (Å²) in [4.78, 5) is 16.0. The molecule has 0 saturated heterocycles. The van der Waals surface area contributed by atoms with Crippen LogP contribution in [0.4, 0.5) is 0 Å². The molecule has 0 saturated carbocycles. The van der Waals surface area contributed by atoms with Crippen LogP contribution in [0.3, 0.4) is 0 Å². The van der Waals surface area contributed by atoms with Crippen molar-refractivity contribution in [1.82, 2.24) is 10.3 Å². The number of carbonyl (C=O) groups is 1. The van der Waals surface area contributed by atoms with Crippen molar-refractivity contribution >= 4 is 5.91 Å². The average molecular weight is 258 g/mol. The largest absolute Gasteiger partial charge is 0.508 e. The van der Waals surface area contributed by atoms with Gasteiger partial charge in [-0.25, -0.2) is 0 Å². The molecule has 2 aromatic rings. The van der Waals surface area contributed by atoms with Crippen molar-refractivity contribution in [2.24, 2.45) is 0 Å². The van der Waals surface area contributed by atoms with Gasteiger partial charge in [0, 0.05) is 17.8 Å². The number of hydrogen-bond acceptors (Lipinski definition) is 4. The zero-order chi connectivity index (χ0) is 13.8. The molecule has 1 aromatic carbocycles. The Kier molecular flexibility index (Phi) is 3.66. The maximum Gasteiger partial charge on any atom is 0.251 e. The van der Waals surface area contributed by atoms with E-state index in [1.165, 1.54) is 18.2 Å². The van der Waals surface area contributed by atoms with E-state index in [2.05, 4.69) is 10.3 Å². The van der Waals surface area contributed by atoms with Gasteiger partial charge in [0.1, 0.15) is 11.5 Å². The number of pyridine rings is 1. The molecule has 0 radical (unpaired) electrons. The highest BCUT2D eigenvalue weighted by atomic mass is 16.3. The molecule has 0 bridgehead atoms. The van der Waals surface area contributed by atoms with Gasteiger partial charge < -0.3 is 15.5 Å². The molecule has 0 aliphatic heterocycles. The first-order valence-corrected chi connectivity index (χ1v) is 5.78. The lowest BCUT2D eigenvalue weighted by Crippen LogP contribution is -2.23. The number of benzene rings is 1. The van der Waals surface area contributed by atoms with E-state index < -0.39 is 0 Å². The zero-order valence-electron chi connectivity index (χ0n) is 10.4. The second kappa shape index (κ2) is 5.39. The van der Waals surface area contributed by atoms with Gasteiger partial charge in [-0.1, -0.05) is 6.07 Å². The topological polar surface area (TPSA) is 82.5 Å². The summed E-state index contributed by atoms with van der Waals surface area (Å²) in [6.45, 7) is 2.20. The first kappa shape index (κ1) is 12.9. The lowest BCUT2D eigenvalue weighted by molar-refractivity contribution is 0.0949. The Bertz CT molecular complexity index is 591. The van der Waals surface area contributed by atoms with Crippen LogP contribution in [0.25, 0.3) is 0 Å². The lowest BCUT2D eigenvalue weighted by atomic mass is 10.1. The predicted octanol–water partition coefficient (Wildman–Crippen LogP) is 1.73. The van der Waals surface area contributed by atoms with Crippen LogP contribution in [-0.4, -0.2) is 21.1 Å². The molecule has 3 N–H and O–H groups in total. The maximum atomic E-state index is 11.9. The Hall–Kier alpha value is -2.56. The van der Waals surface area contributed by atoms with Gasteiger partial charge in [-0.2, -0.15) is 0 Å². The van der Waals surface area contributed by atoms with Crippen LogP contribution in [0.1, 0.15) is 21.6 Å². The van der Waals surface area contributed by atoms with Gasteiger partial charge >= 0.3 is 0 Å². The molecule has 0 unspecified atom stereocenters. The van der Waals surface area contributed by atoms with Crippen LogP contribution in [0, 0.1) is 6.92 Å². The van der Waals surface area contributed by atoms with Crippen molar-refractivity contribution in [3.05, 3.63) is 53.3 Å². The van der Waals surface area contributed by atoms with Crippen molar-refractivity contribution < 1.29 is 15.0 Å². The van der Waals surface area contributed by atoms with E-state index in [1.54, 1.807) is 6.20 Å². The molecule has 19 heavy (non-hydrogen) atoms. The van der Waals surface area contributed by atoms with Crippen LogP contribution >= 0.6 is 0 Å². The summed E-state index contributed by atoms with van der Waals surface area (Å²) in [5.74, 6) is -0.686. The molecule has 0 spiro atoms. The Morgan fingerprint density at radius 1 is 1.26 bits per heavy atom. The number of phenolic OH excluding ortho intramolecular Hbond substituents is 2. The lowest BCUT2D eigenvalue weighted by Gasteiger charge is -2.07. The number of phenols is 2. The monoisotopic (exact) mass is 258 g/mol. The van der Waals surface area contributed by atoms with E-state index in [0.29, 0.717) is 6.54 Å². The number of nitrogens with zero attached hydrogens (tertiary/aromatic N) is 1. The molecule has 0 atom stereocenters. The molecule has 1 amide bonds. The second-order valence-electron chi connectivity index (χ2n) is 4.19. The number of aromatic hydroxyl groups is 2. The van der Waals surface area contributed by atoms with Crippen LogP contribution in [0.5, 0.6) is 11.5 Å². The summed E-state index contributed by atoms with van der Waals surface area (Å²) in [7, 11) is 0. The van der Waals surface area contributed by atoms with Gasteiger partial charge in [0.25, 0.3) is 5.91 Å². The number of carbonyl (C=O) groups excluding carboxylic acids is 1. The van der Waals surface area contributed by atoms with E-state index >= 15 is 0 Å². The van der Waals surface area contributed by atoms with E-state index in [4.69, 9.17) is 0 Å². The minimum absolute atomic E-state index is 0.154. The fraction of sp³-hybridized carbons (Fsp3) is 0.143. The molecule has 98 valence electrons. The van der Waals surface area contributed by atoms with Crippen molar-refractivity contribution in [3.8, 4) is 11.5 Å². The van der Waals surface area contributed by atoms with Crippen LogP contribution in [0.15, 0.2) is 36.5 Å².